The summed E-state index contributed by atoms with van der Waals surface area (Å²) < 4.78 is 4.37. The Bertz CT molecular complexity index is 635. The van der Waals surface area contributed by atoms with Crippen LogP contribution in [0.4, 0.5) is 5.13 Å². The third-order valence-corrected chi connectivity index (χ3v) is 3.42. The molecule has 0 amide bonds. The van der Waals surface area contributed by atoms with E-state index in [-0.39, 0.29) is 0 Å². The molecule has 1 heterocycles. The molecule has 0 aliphatic rings. The molecule has 2 aromatic carbocycles. The molecule has 0 radical (unpaired) electrons. The Morgan fingerprint density at radius 1 is 0.895 bits per heavy atom. The molecular formula is C15H13N3S. The molecule has 3 nitrogen and oxygen atoms in total. The van der Waals surface area contributed by atoms with E-state index in [1.807, 2.05) is 48.5 Å². The van der Waals surface area contributed by atoms with Crippen molar-refractivity contribution in [1.82, 2.24) is 9.36 Å². The normalized spacial score (nSPS) is 10.3. The third-order valence-electron chi connectivity index (χ3n) is 2.74. The summed E-state index contributed by atoms with van der Waals surface area (Å²) in [5.74, 6) is 0.779. The van der Waals surface area contributed by atoms with Gasteiger partial charge in [0.2, 0.25) is 5.13 Å². The first kappa shape index (κ1) is 11.9. The highest BCUT2D eigenvalue weighted by Crippen LogP contribution is 2.20. The maximum Gasteiger partial charge on any atom is 0.203 e. The zero-order valence-corrected chi connectivity index (χ0v) is 11.1. The molecule has 4 heteroatoms. The molecule has 0 aliphatic carbocycles. The third kappa shape index (κ3) is 2.98. The lowest BCUT2D eigenvalue weighted by molar-refractivity contribution is 1.13. The van der Waals surface area contributed by atoms with Gasteiger partial charge in [0.15, 0.2) is 5.82 Å². The monoisotopic (exact) mass is 267 g/mol. The Balaban J connectivity index is 1.69. The van der Waals surface area contributed by atoms with Gasteiger partial charge in [-0.25, -0.2) is 0 Å². The van der Waals surface area contributed by atoms with Crippen molar-refractivity contribution in [3.05, 3.63) is 66.2 Å². The fraction of sp³-hybridized carbons (Fsp3) is 0.0667. The molecule has 1 N–H and O–H groups in total. The summed E-state index contributed by atoms with van der Waals surface area (Å²) in [5.41, 5.74) is 2.28. The Labute approximate surface area is 116 Å². The van der Waals surface area contributed by atoms with Gasteiger partial charge in [0.1, 0.15) is 0 Å². The first-order valence-corrected chi connectivity index (χ1v) is 6.86. The topological polar surface area (TPSA) is 37.8 Å². The number of nitrogens with zero attached hydrogens (tertiary/aromatic N) is 2. The van der Waals surface area contributed by atoms with E-state index in [1.165, 1.54) is 17.1 Å². The van der Waals surface area contributed by atoms with Gasteiger partial charge in [-0.2, -0.15) is 9.36 Å². The second-order valence-corrected chi connectivity index (χ2v) is 4.88. The molecular weight excluding hydrogens is 254 g/mol. The zero-order chi connectivity index (χ0) is 12.9. The van der Waals surface area contributed by atoms with Crippen molar-refractivity contribution in [1.29, 1.82) is 0 Å². The fourth-order valence-electron chi connectivity index (χ4n) is 1.77. The molecule has 1 aromatic heterocycles. The maximum absolute atomic E-state index is 4.49. The predicted octanol–water partition coefficient (Wildman–Crippen LogP) is 3.82. The molecule has 19 heavy (non-hydrogen) atoms. The Hall–Kier alpha value is -2.20. The van der Waals surface area contributed by atoms with Crippen LogP contribution in [-0.2, 0) is 6.54 Å². The average molecular weight is 267 g/mol. The molecule has 0 spiro atoms. The summed E-state index contributed by atoms with van der Waals surface area (Å²) in [6.45, 7) is 0.768. The van der Waals surface area contributed by atoms with Gasteiger partial charge >= 0.3 is 0 Å². The Morgan fingerprint density at radius 2 is 1.58 bits per heavy atom. The summed E-state index contributed by atoms with van der Waals surface area (Å²) >= 11 is 1.39. The van der Waals surface area contributed by atoms with Crippen molar-refractivity contribution in [2.24, 2.45) is 0 Å². The van der Waals surface area contributed by atoms with E-state index in [2.05, 4.69) is 26.8 Å². The van der Waals surface area contributed by atoms with Crippen LogP contribution in [0.3, 0.4) is 0 Å². The van der Waals surface area contributed by atoms with Crippen molar-refractivity contribution in [3.63, 3.8) is 0 Å². The van der Waals surface area contributed by atoms with Crippen LogP contribution < -0.4 is 5.32 Å². The molecule has 0 saturated heterocycles. The lowest BCUT2D eigenvalue weighted by atomic mass is 10.2. The van der Waals surface area contributed by atoms with Crippen molar-refractivity contribution in [2.75, 3.05) is 5.32 Å². The Morgan fingerprint density at radius 3 is 2.32 bits per heavy atom. The highest BCUT2D eigenvalue weighted by molar-refractivity contribution is 7.09. The van der Waals surface area contributed by atoms with Crippen LogP contribution in [0.15, 0.2) is 60.7 Å². The molecule has 0 fully saturated rings. The molecule has 3 aromatic rings. The highest BCUT2D eigenvalue weighted by Gasteiger charge is 2.05. The molecule has 0 unspecified atom stereocenters. The predicted molar refractivity (Wildman–Crippen MR) is 79.1 cm³/mol. The van der Waals surface area contributed by atoms with Gasteiger partial charge in [-0.1, -0.05) is 60.7 Å². The maximum atomic E-state index is 4.49. The summed E-state index contributed by atoms with van der Waals surface area (Å²) in [6, 6.07) is 20.3. The van der Waals surface area contributed by atoms with Crippen LogP contribution in [-0.4, -0.2) is 9.36 Å². The van der Waals surface area contributed by atoms with E-state index < -0.39 is 0 Å². The number of hydrogen-bond acceptors (Lipinski definition) is 4. The minimum Gasteiger partial charge on any atom is -0.356 e. The van der Waals surface area contributed by atoms with Crippen LogP contribution >= 0.6 is 11.5 Å². The number of aromatic nitrogens is 2. The van der Waals surface area contributed by atoms with E-state index >= 15 is 0 Å². The molecule has 94 valence electrons. The van der Waals surface area contributed by atoms with Crippen molar-refractivity contribution in [2.45, 2.75) is 6.54 Å². The molecule has 3 rings (SSSR count). The fourth-order valence-corrected chi connectivity index (χ4v) is 2.36. The number of anilines is 1. The van der Waals surface area contributed by atoms with E-state index in [4.69, 9.17) is 0 Å². The van der Waals surface area contributed by atoms with E-state index in [0.29, 0.717) is 0 Å². The summed E-state index contributed by atoms with van der Waals surface area (Å²) in [5, 5.41) is 4.15. The zero-order valence-electron chi connectivity index (χ0n) is 10.3. The van der Waals surface area contributed by atoms with Gasteiger partial charge in [-0.05, 0) is 5.56 Å². The van der Waals surface area contributed by atoms with Crippen molar-refractivity contribution in [3.8, 4) is 11.4 Å². The van der Waals surface area contributed by atoms with E-state index in [1.54, 1.807) is 0 Å². The van der Waals surface area contributed by atoms with Gasteiger partial charge in [0.05, 0.1) is 0 Å². The van der Waals surface area contributed by atoms with Crippen LogP contribution in [0.25, 0.3) is 11.4 Å². The largest absolute Gasteiger partial charge is 0.356 e. The second kappa shape index (κ2) is 5.63. The van der Waals surface area contributed by atoms with Crippen molar-refractivity contribution < 1.29 is 0 Å². The smallest absolute Gasteiger partial charge is 0.203 e. The molecule has 0 atom stereocenters. The Kier molecular flexibility index (Phi) is 3.51. The average Bonchev–Trinajstić information content (AvgIpc) is 2.96. The summed E-state index contributed by atoms with van der Waals surface area (Å²) in [6.07, 6.45) is 0. The van der Waals surface area contributed by atoms with E-state index in [0.717, 1.165) is 23.1 Å². The van der Waals surface area contributed by atoms with Gasteiger partial charge in [0.25, 0.3) is 0 Å². The van der Waals surface area contributed by atoms with Crippen LogP contribution in [0, 0.1) is 0 Å². The molecule has 0 bridgehead atoms. The summed E-state index contributed by atoms with van der Waals surface area (Å²) in [4.78, 5) is 4.49. The number of nitrogens with one attached hydrogen (secondary N) is 1. The first-order chi connectivity index (χ1) is 9.42. The van der Waals surface area contributed by atoms with Crippen LogP contribution in [0.5, 0.6) is 0 Å². The minimum atomic E-state index is 0.768. The standard InChI is InChI=1S/C15H13N3S/c1-3-7-12(8-4-1)11-16-15-17-14(18-19-15)13-9-5-2-6-10-13/h1-10H,11H2,(H,16,17,18). The SMILES string of the molecule is c1ccc(CNc2nc(-c3ccccc3)ns2)cc1. The lowest BCUT2D eigenvalue weighted by Crippen LogP contribution is -1.98. The second-order valence-electron chi connectivity index (χ2n) is 4.13. The highest BCUT2D eigenvalue weighted by atomic mass is 32.1. The molecule has 0 saturated carbocycles. The van der Waals surface area contributed by atoms with Gasteiger partial charge in [-0.3, -0.25) is 0 Å². The van der Waals surface area contributed by atoms with Gasteiger partial charge < -0.3 is 5.32 Å². The number of hydrogen-bond donors (Lipinski definition) is 1. The lowest BCUT2D eigenvalue weighted by Gasteiger charge is -2.01. The van der Waals surface area contributed by atoms with Crippen LogP contribution in [0.1, 0.15) is 5.56 Å². The quantitative estimate of drug-likeness (QED) is 0.781. The minimum absolute atomic E-state index is 0.768. The van der Waals surface area contributed by atoms with E-state index in [9.17, 15) is 0 Å². The number of benzene rings is 2. The van der Waals surface area contributed by atoms with Gasteiger partial charge in [0, 0.05) is 23.6 Å². The first-order valence-electron chi connectivity index (χ1n) is 6.09. The molecule has 0 aliphatic heterocycles. The van der Waals surface area contributed by atoms with Crippen molar-refractivity contribution >= 4 is 16.7 Å². The van der Waals surface area contributed by atoms with Gasteiger partial charge in [-0.15, -0.1) is 0 Å². The summed E-state index contributed by atoms with van der Waals surface area (Å²) in [7, 11) is 0. The van der Waals surface area contributed by atoms with Crippen LogP contribution in [0.2, 0.25) is 0 Å². The number of rotatable bonds is 4.